The van der Waals surface area contributed by atoms with Gasteiger partial charge in [-0.3, -0.25) is 9.78 Å². The maximum Gasteiger partial charge on any atom is 0.258 e. The van der Waals surface area contributed by atoms with Gasteiger partial charge >= 0.3 is 0 Å². The summed E-state index contributed by atoms with van der Waals surface area (Å²) in [6.45, 7) is 1.89. The van der Waals surface area contributed by atoms with Crippen LogP contribution in [0.2, 0.25) is 0 Å². The fourth-order valence-electron chi connectivity index (χ4n) is 4.17. The fraction of sp³-hybridized carbons (Fsp3) is 0.200. The molecule has 0 aliphatic carbocycles. The molecule has 1 amide bonds. The number of aromatic nitrogens is 5. The van der Waals surface area contributed by atoms with Crippen molar-refractivity contribution in [3.05, 3.63) is 78.1 Å². The highest BCUT2D eigenvalue weighted by Gasteiger charge is 2.38. The third-order valence-electron chi connectivity index (χ3n) is 5.86. The molecule has 4 aromatic heterocycles. The van der Waals surface area contributed by atoms with E-state index in [-0.39, 0.29) is 12.3 Å². The molecule has 0 saturated heterocycles. The topological polar surface area (TPSA) is 91.2 Å². The molecular weight excluding hydrogens is 465 g/mol. The van der Waals surface area contributed by atoms with Crippen molar-refractivity contribution in [3.8, 4) is 11.3 Å². The van der Waals surface area contributed by atoms with E-state index < -0.39 is 10.7 Å². The van der Waals surface area contributed by atoms with Crippen molar-refractivity contribution in [1.29, 1.82) is 0 Å². The maximum absolute atomic E-state index is 13.9. The molecule has 0 aliphatic heterocycles. The first-order valence-electron chi connectivity index (χ1n) is 11.0. The quantitative estimate of drug-likeness (QED) is 0.247. The number of amides is 1. The number of carbonyl (C=O) groups excluding carboxylic acids is 1. The molecule has 10 heteroatoms. The molecule has 0 unspecified atom stereocenters. The van der Waals surface area contributed by atoms with Crippen molar-refractivity contribution in [2.75, 3.05) is 19.4 Å². The van der Waals surface area contributed by atoms with E-state index in [4.69, 9.17) is 12.6 Å². The smallest absolute Gasteiger partial charge is 0.258 e. The third-order valence-corrected chi connectivity index (χ3v) is 6.33. The van der Waals surface area contributed by atoms with Gasteiger partial charge in [0.2, 0.25) is 0 Å². The van der Waals surface area contributed by atoms with Gasteiger partial charge in [0.05, 0.1) is 18.1 Å². The Morgan fingerprint density at radius 1 is 1.23 bits per heavy atom. The Bertz CT molecular complexity index is 1560. The lowest BCUT2D eigenvalue weighted by Crippen LogP contribution is -2.49. The van der Waals surface area contributed by atoms with Gasteiger partial charge < -0.3 is 15.2 Å². The molecule has 178 valence electrons. The van der Waals surface area contributed by atoms with Crippen molar-refractivity contribution < 1.29 is 9.18 Å². The second-order valence-electron chi connectivity index (χ2n) is 8.70. The van der Waals surface area contributed by atoms with Crippen LogP contribution in [-0.2, 0) is 11.2 Å². The summed E-state index contributed by atoms with van der Waals surface area (Å²) in [7, 11) is 3.38. The van der Waals surface area contributed by atoms with Crippen LogP contribution in [0.1, 0.15) is 11.1 Å². The molecule has 5 rings (SSSR count). The molecule has 2 N–H and O–H groups in total. The van der Waals surface area contributed by atoms with Crippen molar-refractivity contribution in [2.24, 2.45) is 0 Å². The van der Waals surface area contributed by atoms with E-state index in [1.807, 2.05) is 37.4 Å². The first kappa shape index (κ1) is 22.9. The number of pyridine rings is 1. The number of para-hydroxylation sites is 1. The molecule has 8 nitrogen and oxygen atoms in total. The van der Waals surface area contributed by atoms with Crippen LogP contribution in [0.5, 0.6) is 0 Å². The van der Waals surface area contributed by atoms with Crippen LogP contribution in [0.3, 0.4) is 0 Å². The number of benzene rings is 1. The summed E-state index contributed by atoms with van der Waals surface area (Å²) in [5, 5.41) is 8.78. The summed E-state index contributed by atoms with van der Waals surface area (Å²) in [5.41, 5.74) is 4.33. The minimum Gasteiger partial charge on any atom is -0.361 e. The van der Waals surface area contributed by atoms with Gasteiger partial charge in [0.25, 0.3) is 5.91 Å². The molecule has 0 spiro atoms. The standard InChI is InChI=1S/C25H24FN7OS/c1-15-11-29-33-22(9-21(30-23(15)33)16-8-18(26)14-27-12-16)31-25(35,24(34)32(2)3)10-17-13-28-20-7-5-4-6-19(17)20/h4-9,11-14,28,31,35H,10H2,1-3H3/t25-/m0/s1. The second-order valence-corrected chi connectivity index (χ2v) is 9.47. The Labute approximate surface area is 206 Å². The van der Waals surface area contributed by atoms with Gasteiger partial charge in [0.15, 0.2) is 10.5 Å². The molecule has 1 aromatic carbocycles. The van der Waals surface area contributed by atoms with E-state index in [9.17, 15) is 9.18 Å². The number of aromatic amines is 1. The molecule has 0 aliphatic rings. The van der Waals surface area contributed by atoms with E-state index in [0.29, 0.717) is 22.7 Å². The zero-order chi connectivity index (χ0) is 24.7. The monoisotopic (exact) mass is 489 g/mol. The van der Waals surface area contributed by atoms with Gasteiger partial charge in [0.1, 0.15) is 11.6 Å². The van der Waals surface area contributed by atoms with Crippen molar-refractivity contribution in [2.45, 2.75) is 18.2 Å². The van der Waals surface area contributed by atoms with Gasteiger partial charge in [-0.15, -0.1) is 12.6 Å². The van der Waals surface area contributed by atoms with Crippen molar-refractivity contribution >= 4 is 40.9 Å². The fourth-order valence-corrected chi connectivity index (χ4v) is 4.65. The molecule has 0 saturated carbocycles. The predicted octanol–water partition coefficient (Wildman–Crippen LogP) is 4.09. The molecule has 0 fully saturated rings. The average Bonchev–Trinajstić information content (AvgIpc) is 3.42. The molecule has 4 heterocycles. The number of nitrogens with zero attached hydrogens (tertiary/aromatic N) is 5. The number of aryl methyl sites for hydroxylation is 1. The van der Waals surface area contributed by atoms with E-state index in [1.54, 1.807) is 37.1 Å². The molecule has 5 aromatic rings. The Balaban J connectivity index is 1.63. The number of likely N-dealkylation sites (N-methyl/N-ethyl adjacent to an activating group) is 1. The minimum atomic E-state index is -1.32. The lowest BCUT2D eigenvalue weighted by molar-refractivity contribution is -0.130. The first-order valence-corrected chi connectivity index (χ1v) is 11.4. The summed E-state index contributed by atoms with van der Waals surface area (Å²) in [6.07, 6.45) is 6.56. The van der Waals surface area contributed by atoms with Gasteiger partial charge in [-0.25, -0.2) is 9.37 Å². The van der Waals surface area contributed by atoms with E-state index >= 15 is 0 Å². The molecule has 35 heavy (non-hydrogen) atoms. The zero-order valence-electron chi connectivity index (χ0n) is 19.5. The van der Waals surface area contributed by atoms with Gasteiger partial charge in [-0.2, -0.15) is 9.61 Å². The number of hydrogen-bond donors (Lipinski definition) is 3. The van der Waals surface area contributed by atoms with Crippen molar-refractivity contribution in [3.63, 3.8) is 0 Å². The molecule has 0 radical (unpaired) electrons. The van der Waals surface area contributed by atoms with Gasteiger partial charge in [-0.1, -0.05) is 18.2 Å². The van der Waals surface area contributed by atoms with Crippen LogP contribution in [0.25, 0.3) is 27.8 Å². The minimum absolute atomic E-state index is 0.228. The molecule has 1 atom stereocenters. The lowest BCUT2D eigenvalue weighted by atomic mass is 10.0. The number of H-pyrrole nitrogens is 1. The van der Waals surface area contributed by atoms with E-state index in [0.717, 1.165) is 28.2 Å². The van der Waals surface area contributed by atoms with E-state index in [2.05, 4.69) is 25.4 Å². The maximum atomic E-state index is 13.9. The van der Waals surface area contributed by atoms with Crippen LogP contribution in [0.15, 0.2) is 61.2 Å². The highest BCUT2D eigenvalue weighted by atomic mass is 32.1. The molecular formula is C25H24FN7OS. The highest BCUT2D eigenvalue weighted by Crippen LogP contribution is 2.31. The average molecular weight is 490 g/mol. The van der Waals surface area contributed by atoms with Crippen LogP contribution in [-0.4, -0.2) is 54.3 Å². The third kappa shape index (κ3) is 4.21. The van der Waals surface area contributed by atoms with Gasteiger partial charge in [-0.05, 0) is 24.6 Å². The number of hydrogen-bond acceptors (Lipinski definition) is 6. The summed E-state index contributed by atoms with van der Waals surface area (Å²) >= 11 is 4.90. The van der Waals surface area contributed by atoms with Crippen LogP contribution in [0, 0.1) is 12.7 Å². The normalized spacial score (nSPS) is 13.2. The second kappa shape index (κ2) is 8.70. The Morgan fingerprint density at radius 2 is 2.03 bits per heavy atom. The lowest BCUT2D eigenvalue weighted by Gasteiger charge is -2.32. The van der Waals surface area contributed by atoms with Crippen LogP contribution in [0.4, 0.5) is 10.2 Å². The number of fused-ring (bicyclic) bond motifs is 2. The molecule has 0 bridgehead atoms. The Hall–Kier alpha value is -3.92. The van der Waals surface area contributed by atoms with E-state index in [1.165, 1.54) is 11.0 Å². The summed E-state index contributed by atoms with van der Waals surface area (Å²) in [5.74, 6) is -0.198. The highest BCUT2D eigenvalue weighted by molar-refractivity contribution is 7.82. The Kier molecular flexibility index (Phi) is 5.68. The van der Waals surface area contributed by atoms with Gasteiger partial charge in [0, 0.05) is 61.0 Å². The first-order chi connectivity index (χ1) is 16.7. The number of carbonyl (C=O) groups is 1. The predicted molar refractivity (Wildman–Crippen MR) is 137 cm³/mol. The number of anilines is 1. The Morgan fingerprint density at radius 3 is 2.80 bits per heavy atom. The summed E-state index contributed by atoms with van der Waals surface area (Å²) in [6, 6.07) is 11.0. The number of halogens is 1. The largest absolute Gasteiger partial charge is 0.361 e. The summed E-state index contributed by atoms with van der Waals surface area (Å²) in [4.78, 5) is 25.5. The number of nitrogens with one attached hydrogen (secondary N) is 2. The summed E-state index contributed by atoms with van der Waals surface area (Å²) < 4.78 is 15.5. The zero-order valence-corrected chi connectivity index (χ0v) is 20.3. The number of rotatable bonds is 6. The van der Waals surface area contributed by atoms with Crippen molar-refractivity contribution in [1.82, 2.24) is 29.5 Å². The SMILES string of the molecule is Cc1cnn2c(N[C@](S)(Cc3c[nH]c4ccccc34)C(=O)N(C)C)cc(-c3cncc(F)c3)nc12. The van der Waals surface area contributed by atoms with Crippen LogP contribution < -0.4 is 5.32 Å². The van der Waals surface area contributed by atoms with Crippen LogP contribution >= 0.6 is 12.6 Å². The number of thiol groups is 1.